The fourth-order valence-electron chi connectivity index (χ4n) is 2.55. The summed E-state index contributed by atoms with van der Waals surface area (Å²) in [7, 11) is 0. The maximum Gasteiger partial charge on any atom is 0.338 e. The van der Waals surface area contributed by atoms with Crippen LogP contribution in [0.2, 0.25) is 0 Å². The molecule has 0 saturated heterocycles. The minimum absolute atomic E-state index is 0.357. The van der Waals surface area contributed by atoms with Gasteiger partial charge in [-0.2, -0.15) is 0 Å². The van der Waals surface area contributed by atoms with Crippen molar-refractivity contribution in [3.8, 4) is 0 Å². The molecule has 28 heavy (non-hydrogen) atoms. The van der Waals surface area contributed by atoms with Gasteiger partial charge in [-0.05, 0) is 57.2 Å². The molecule has 2 rings (SSSR count). The van der Waals surface area contributed by atoms with Crippen LogP contribution in [0.4, 0.5) is 5.69 Å². The largest absolute Gasteiger partial charge is 0.452 e. The van der Waals surface area contributed by atoms with E-state index in [1.807, 2.05) is 19.1 Å². The Hall–Kier alpha value is -3.35. The van der Waals surface area contributed by atoms with Crippen molar-refractivity contribution >= 4 is 23.5 Å². The van der Waals surface area contributed by atoms with Gasteiger partial charge in [-0.15, -0.1) is 0 Å². The second kappa shape index (κ2) is 10.1. The highest BCUT2D eigenvalue weighted by Crippen LogP contribution is 2.14. The van der Waals surface area contributed by atoms with Crippen molar-refractivity contribution in [2.75, 3.05) is 24.6 Å². The normalized spacial score (nSPS) is 10.1. The lowest BCUT2D eigenvalue weighted by atomic mass is 10.1. The van der Waals surface area contributed by atoms with E-state index in [-0.39, 0.29) is 0 Å². The number of hydrogen-bond donors (Lipinski definition) is 2. The third-order valence-electron chi connectivity index (χ3n) is 4.20. The second-order valence-corrected chi connectivity index (χ2v) is 6.16. The maximum atomic E-state index is 12.1. The number of nitrogens with zero attached hydrogens (tertiary/aromatic N) is 1. The lowest BCUT2D eigenvalue weighted by molar-refractivity contribution is -0.125. The molecule has 2 amide bonds. The summed E-state index contributed by atoms with van der Waals surface area (Å²) in [4.78, 5) is 37.9. The predicted molar refractivity (Wildman–Crippen MR) is 107 cm³/mol. The van der Waals surface area contributed by atoms with E-state index in [1.54, 1.807) is 36.4 Å². The van der Waals surface area contributed by atoms with Gasteiger partial charge < -0.3 is 9.64 Å². The molecule has 0 fully saturated rings. The molecule has 7 heteroatoms. The number of esters is 1. The molecule has 2 aromatic rings. The number of nitrogens with one attached hydrogen (secondary N) is 2. The maximum absolute atomic E-state index is 12.1. The van der Waals surface area contributed by atoms with Gasteiger partial charge >= 0.3 is 5.97 Å². The molecule has 2 N–H and O–H groups in total. The summed E-state index contributed by atoms with van der Waals surface area (Å²) in [6.07, 6.45) is 0. The summed E-state index contributed by atoms with van der Waals surface area (Å²) >= 11 is 0. The van der Waals surface area contributed by atoms with Crippen molar-refractivity contribution in [1.29, 1.82) is 0 Å². The second-order valence-electron chi connectivity index (χ2n) is 6.16. The van der Waals surface area contributed by atoms with E-state index in [9.17, 15) is 14.4 Å². The molecule has 0 radical (unpaired) electrons. The van der Waals surface area contributed by atoms with E-state index in [0.29, 0.717) is 11.1 Å². The predicted octanol–water partition coefficient (Wildman–Crippen LogP) is 2.46. The molecule has 148 valence electrons. The first-order valence-corrected chi connectivity index (χ1v) is 9.12. The average molecular weight is 383 g/mol. The van der Waals surface area contributed by atoms with Gasteiger partial charge in [0.1, 0.15) is 0 Å². The van der Waals surface area contributed by atoms with Gasteiger partial charge in [0, 0.05) is 24.3 Å². The van der Waals surface area contributed by atoms with Crippen LogP contribution >= 0.6 is 0 Å². The summed E-state index contributed by atoms with van der Waals surface area (Å²) in [6.45, 7) is 7.28. The first-order valence-electron chi connectivity index (χ1n) is 9.12. The zero-order valence-electron chi connectivity index (χ0n) is 16.3. The van der Waals surface area contributed by atoms with E-state index in [2.05, 4.69) is 29.6 Å². The summed E-state index contributed by atoms with van der Waals surface area (Å²) in [5.74, 6) is -1.69. The Morgan fingerprint density at radius 3 is 2.00 bits per heavy atom. The average Bonchev–Trinajstić information content (AvgIpc) is 2.72. The van der Waals surface area contributed by atoms with E-state index >= 15 is 0 Å². The molecule has 0 aromatic heterocycles. The fraction of sp³-hybridized carbons (Fsp3) is 0.286. The van der Waals surface area contributed by atoms with Gasteiger partial charge in [0.25, 0.3) is 11.8 Å². The number of carbonyl (C=O) groups is 3. The Bertz CT molecular complexity index is 813. The van der Waals surface area contributed by atoms with Crippen molar-refractivity contribution in [2.45, 2.75) is 20.8 Å². The van der Waals surface area contributed by atoms with Gasteiger partial charge in [-0.25, -0.2) is 4.79 Å². The third-order valence-corrected chi connectivity index (χ3v) is 4.20. The molecule has 0 spiro atoms. The van der Waals surface area contributed by atoms with Gasteiger partial charge in [-0.1, -0.05) is 17.7 Å². The number of aryl methyl sites for hydroxylation is 1. The molecular weight excluding hydrogens is 358 g/mol. The van der Waals surface area contributed by atoms with Crippen molar-refractivity contribution in [2.24, 2.45) is 0 Å². The van der Waals surface area contributed by atoms with Crippen LogP contribution in [0.15, 0.2) is 48.5 Å². The molecule has 0 unspecified atom stereocenters. The van der Waals surface area contributed by atoms with Crippen molar-refractivity contribution < 1.29 is 19.1 Å². The molecular formula is C21H25N3O4. The van der Waals surface area contributed by atoms with Gasteiger partial charge in [0.2, 0.25) is 0 Å². The van der Waals surface area contributed by atoms with Crippen LogP contribution in [0.5, 0.6) is 0 Å². The number of amides is 2. The Kier molecular flexibility index (Phi) is 7.56. The Labute approximate surface area is 164 Å². The van der Waals surface area contributed by atoms with Crippen molar-refractivity contribution in [3.05, 3.63) is 65.2 Å². The van der Waals surface area contributed by atoms with E-state index in [0.717, 1.165) is 24.3 Å². The smallest absolute Gasteiger partial charge is 0.338 e. The summed E-state index contributed by atoms with van der Waals surface area (Å²) in [5.41, 5.74) is 7.34. The van der Waals surface area contributed by atoms with Crippen LogP contribution in [0.1, 0.15) is 40.1 Å². The lowest BCUT2D eigenvalue weighted by Gasteiger charge is -2.21. The molecule has 0 saturated carbocycles. The number of anilines is 1. The van der Waals surface area contributed by atoms with Crippen LogP contribution < -0.4 is 15.8 Å². The minimum atomic E-state index is -0.631. The topological polar surface area (TPSA) is 87.7 Å². The van der Waals surface area contributed by atoms with E-state index in [4.69, 9.17) is 4.74 Å². The Balaban J connectivity index is 1.79. The highest BCUT2D eigenvalue weighted by atomic mass is 16.5. The van der Waals surface area contributed by atoms with E-state index < -0.39 is 24.4 Å². The number of ether oxygens (including phenoxy) is 1. The van der Waals surface area contributed by atoms with Crippen LogP contribution in [0.3, 0.4) is 0 Å². The summed E-state index contributed by atoms with van der Waals surface area (Å²) in [6, 6.07) is 13.9. The van der Waals surface area contributed by atoms with Crippen LogP contribution in [-0.2, 0) is 9.53 Å². The zero-order valence-corrected chi connectivity index (χ0v) is 16.3. The molecule has 0 aliphatic heterocycles. The molecule has 0 atom stereocenters. The standard InChI is InChI=1S/C21H25N3O4/c1-4-24(5-2)18-12-10-16(11-13-18)20(26)23-22-19(25)14-28-21(27)17-8-6-15(3)7-9-17/h6-13H,4-5,14H2,1-3H3,(H,22,25)(H,23,26). The van der Waals surface area contributed by atoms with Crippen LogP contribution in [0.25, 0.3) is 0 Å². The van der Waals surface area contributed by atoms with E-state index in [1.165, 1.54) is 0 Å². The molecule has 7 nitrogen and oxygen atoms in total. The number of hydrogen-bond acceptors (Lipinski definition) is 5. The van der Waals surface area contributed by atoms with Crippen LogP contribution in [-0.4, -0.2) is 37.5 Å². The molecule has 0 aliphatic carbocycles. The zero-order chi connectivity index (χ0) is 20.5. The van der Waals surface area contributed by atoms with Crippen molar-refractivity contribution in [3.63, 3.8) is 0 Å². The highest BCUT2D eigenvalue weighted by molar-refractivity contribution is 5.96. The number of rotatable bonds is 7. The number of carbonyl (C=O) groups excluding carboxylic acids is 3. The van der Waals surface area contributed by atoms with Gasteiger partial charge in [0.05, 0.1) is 5.56 Å². The fourth-order valence-corrected chi connectivity index (χ4v) is 2.55. The van der Waals surface area contributed by atoms with Gasteiger partial charge in [0.15, 0.2) is 6.61 Å². The molecule has 0 bridgehead atoms. The van der Waals surface area contributed by atoms with Crippen LogP contribution in [0, 0.1) is 6.92 Å². The minimum Gasteiger partial charge on any atom is -0.452 e. The molecule has 0 heterocycles. The molecule has 0 aliphatic rings. The monoisotopic (exact) mass is 383 g/mol. The highest BCUT2D eigenvalue weighted by Gasteiger charge is 2.12. The quantitative estimate of drug-likeness (QED) is 0.566. The summed E-state index contributed by atoms with van der Waals surface area (Å²) < 4.78 is 4.93. The Morgan fingerprint density at radius 1 is 0.857 bits per heavy atom. The Morgan fingerprint density at radius 2 is 1.43 bits per heavy atom. The van der Waals surface area contributed by atoms with Gasteiger partial charge in [-0.3, -0.25) is 20.4 Å². The lowest BCUT2D eigenvalue weighted by Crippen LogP contribution is -2.43. The van der Waals surface area contributed by atoms with Crippen molar-refractivity contribution in [1.82, 2.24) is 10.9 Å². The first kappa shape index (κ1) is 21.0. The summed E-state index contributed by atoms with van der Waals surface area (Å²) in [5, 5.41) is 0. The molecule has 2 aromatic carbocycles. The number of hydrazine groups is 1. The SMILES string of the molecule is CCN(CC)c1ccc(C(=O)NNC(=O)COC(=O)c2ccc(C)cc2)cc1. The number of benzene rings is 2. The third kappa shape index (κ3) is 5.84. The first-order chi connectivity index (χ1) is 13.4.